The molecular weight excluding hydrogens is 391 g/mol. The van der Waals surface area contributed by atoms with E-state index in [4.69, 9.17) is 0 Å². The van der Waals surface area contributed by atoms with Crippen molar-refractivity contribution in [2.45, 2.75) is 96.9 Å². The second-order valence-electron chi connectivity index (χ2n) is 11.4. The van der Waals surface area contributed by atoms with Crippen molar-refractivity contribution in [2.24, 2.45) is 46.3 Å². The average molecular weight is 431 g/mol. The van der Waals surface area contributed by atoms with E-state index in [9.17, 15) is 25.2 Å². The first-order valence-electron chi connectivity index (χ1n) is 11.8. The molecule has 6 heteroatoms. The molecule has 4 rings (SSSR count). The molecule has 4 aliphatic rings. The summed E-state index contributed by atoms with van der Waals surface area (Å²) >= 11 is 0. The maximum absolute atomic E-state index is 11.5. The van der Waals surface area contributed by atoms with E-state index in [-0.39, 0.29) is 82.7 Å². The molecule has 0 bridgehead atoms. The van der Waals surface area contributed by atoms with Crippen LogP contribution in [0.1, 0.15) is 78.6 Å². The quantitative estimate of drug-likeness (QED) is 0.503. The number of carbonyl (C=O) groups excluding carboxylic acids is 1. The minimum absolute atomic E-state index is 0. The molecule has 166 valence electrons. The zero-order valence-electron chi connectivity index (χ0n) is 19.2. The molecule has 0 aromatic carbocycles. The molecule has 0 aromatic heterocycles. The molecule has 4 aliphatic carbocycles. The van der Waals surface area contributed by atoms with E-state index in [2.05, 4.69) is 20.8 Å². The fourth-order valence-corrected chi connectivity index (χ4v) is 8.68. The zero-order valence-corrected chi connectivity index (χ0v) is 21.2. The predicted molar refractivity (Wildman–Crippen MR) is 107 cm³/mol. The number of carboxylic acids is 1. The number of aliphatic carboxylic acids is 1. The Morgan fingerprint density at radius 2 is 1.77 bits per heavy atom. The standard InChI is InChI=1S/C24H40O5.Na/c1-13(4-7-21(28)29)16-5-6-17-22-18(12-20(27)24(16,17)3)23(2)9-8-15(25)10-14(23)11-19(22)26;/h13-20,22,25-27H,4-12H2,1-3H3,(H,28,29);/q;+1/p-1/t13?,14?,15-,16?,17?,18?,19?,20+,22?,23+,24-;/m1./s1. The molecule has 0 radical (unpaired) electrons. The number of hydrogen-bond acceptors (Lipinski definition) is 5. The smallest absolute Gasteiger partial charge is 0.550 e. The topological polar surface area (TPSA) is 101 Å². The van der Waals surface area contributed by atoms with Crippen LogP contribution in [0.15, 0.2) is 0 Å². The second-order valence-corrected chi connectivity index (χ2v) is 11.4. The third kappa shape index (κ3) is 3.84. The molecule has 7 unspecified atom stereocenters. The van der Waals surface area contributed by atoms with Crippen LogP contribution in [0.4, 0.5) is 0 Å². The first kappa shape index (κ1) is 25.0. The summed E-state index contributed by atoms with van der Waals surface area (Å²) in [6, 6.07) is 0. The van der Waals surface area contributed by atoms with Crippen LogP contribution in [0.3, 0.4) is 0 Å². The van der Waals surface area contributed by atoms with Crippen LogP contribution in [-0.4, -0.2) is 39.6 Å². The van der Waals surface area contributed by atoms with Crippen LogP contribution in [0.25, 0.3) is 0 Å². The number of carboxylic acid groups (broad SMARTS) is 1. The number of rotatable bonds is 4. The molecule has 3 N–H and O–H groups in total. The zero-order chi connectivity index (χ0) is 21.1. The van der Waals surface area contributed by atoms with Crippen molar-refractivity contribution in [2.75, 3.05) is 0 Å². The van der Waals surface area contributed by atoms with Gasteiger partial charge in [0.2, 0.25) is 0 Å². The molecule has 5 nitrogen and oxygen atoms in total. The van der Waals surface area contributed by atoms with Gasteiger partial charge in [-0.15, -0.1) is 0 Å². The third-order valence-corrected chi connectivity index (χ3v) is 10.3. The summed E-state index contributed by atoms with van der Waals surface area (Å²) in [4.78, 5) is 11.0. The summed E-state index contributed by atoms with van der Waals surface area (Å²) < 4.78 is 0. The molecule has 0 saturated heterocycles. The van der Waals surface area contributed by atoms with E-state index in [1.54, 1.807) is 0 Å². The maximum Gasteiger partial charge on any atom is 1.00 e. The normalized spacial score (nSPS) is 51.1. The van der Waals surface area contributed by atoms with Gasteiger partial charge in [-0.05, 0) is 104 Å². The fraction of sp³-hybridized carbons (Fsp3) is 0.958. The van der Waals surface area contributed by atoms with Crippen molar-refractivity contribution in [1.82, 2.24) is 0 Å². The predicted octanol–water partition coefficient (Wildman–Crippen LogP) is -0.882. The Labute approximate surface area is 203 Å². The second kappa shape index (κ2) is 8.95. The summed E-state index contributed by atoms with van der Waals surface area (Å²) in [5.74, 6) is 0.635. The number of hydrogen-bond donors (Lipinski definition) is 3. The number of carbonyl (C=O) groups is 1. The number of aliphatic hydroxyl groups excluding tert-OH is 3. The molecule has 0 spiro atoms. The average Bonchev–Trinajstić information content (AvgIpc) is 3.01. The molecule has 11 atom stereocenters. The van der Waals surface area contributed by atoms with Crippen molar-refractivity contribution < 1.29 is 54.8 Å². The summed E-state index contributed by atoms with van der Waals surface area (Å²) in [7, 11) is 0. The molecule has 0 aromatic rings. The third-order valence-electron chi connectivity index (χ3n) is 10.3. The molecule has 0 aliphatic heterocycles. The van der Waals surface area contributed by atoms with Gasteiger partial charge in [0.05, 0.1) is 18.3 Å². The summed E-state index contributed by atoms with van der Waals surface area (Å²) in [6.07, 6.45) is 5.72. The molecule has 0 heterocycles. The Morgan fingerprint density at radius 3 is 2.43 bits per heavy atom. The Kier molecular flexibility index (Phi) is 7.45. The van der Waals surface area contributed by atoms with E-state index in [0.717, 1.165) is 44.9 Å². The maximum atomic E-state index is 11.5. The van der Waals surface area contributed by atoms with Gasteiger partial charge in [-0.1, -0.05) is 20.8 Å². The van der Waals surface area contributed by atoms with E-state index in [0.29, 0.717) is 18.3 Å². The van der Waals surface area contributed by atoms with E-state index < -0.39 is 12.1 Å². The SMILES string of the molecule is CC(CCC(=O)[O-])C1CCC2C3C(O)CC4C[C@H](O)CC[C@]4(C)C3C[C@H](O)[C@]12C.[Na+]. The van der Waals surface area contributed by atoms with Gasteiger partial charge in [0.1, 0.15) is 0 Å². The van der Waals surface area contributed by atoms with Gasteiger partial charge < -0.3 is 25.2 Å². The van der Waals surface area contributed by atoms with Crippen molar-refractivity contribution in [3.05, 3.63) is 0 Å². The number of fused-ring (bicyclic) bond motifs is 5. The first-order chi connectivity index (χ1) is 13.6. The van der Waals surface area contributed by atoms with Gasteiger partial charge in [0, 0.05) is 5.97 Å². The Morgan fingerprint density at radius 1 is 1.07 bits per heavy atom. The van der Waals surface area contributed by atoms with Crippen molar-refractivity contribution >= 4 is 5.97 Å². The Balaban J connectivity index is 0.00000256. The van der Waals surface area contributed by atoms with Crippen LogP contribution in [-0.2, 0) is 4.79 Å². The molecule has 0 amide bonds. The Bertz CT molecular complexity index is 643. The van der Waals surface area contributed by atoms with Crippen LogP contribution >= 0.6 is 0 Å². The van der Waals surface area contributed by atoms with E-state index in [1.807, 2.05) is 0 Å². The molecular formula is C24H39NaO5. The van der Waals surface area contributed by atoms with Gasteiger partial charge in [0.15, 0.2) is 0 Å². The van der Waals surface area contributed by atoms with Crippen molar-refractivity contribution in [3.63, 3.8) is 0 Å². The Hall–Kier alpha value is 0.350. The van der Waals surface area contributed by atoms with Crippen LogP contribution in [0, 0.1) is 46.3 Å². The first-order valence-corrected chi connectivity index (χ1v) is 11.8. The summed E-state index contributed by atoms with van der Waals surface area (Å²) in [5.41, 5.74) is -0.172. The van der Waals surface area contributed by atoms with Crippen LogP contribution in [0.2, 0.25) is 0 Å². The van der Waals surface area contributed by atoms with Gasteiger partial charge in [-0.25, -0.2) is 0 Å². The van der Waals surface area contributed by atoms with Crippen molar-refractivity contribution in [1.29, 1.82) is 0 Å². The molecule has 4 fully saturated rings. The summed E-state index contributed by atoms with van der Waals surface area (Å²) in [6.45, 7) is 6.67. The van der Waals surface area contributed by atoms with Gasteiger partial charge in [-0.2, -0.15) is 0 Å². The van der Waals surface area contributed by atoms with Gasteiger partial charge in [0.25, 0.3) is 0 Å². The van der Waals surface area contributed by atoms with Crippen LogP contribution in [0.5, 0.6) is 0 Å². The minimum atomic E-state index is -0.998. The molecule has 4 saturated carbocycles. The monoisotopic (exact) mass is 430 g/mol. The minimum Gasteiger partial charge on any atom is -0.550 e. The van der Waals surface area contributed by atoms with E-state index >= 15 is 0 Å². The molecule has 30 heavy (non-hydrogen) atoms. The van der Waals surface area contributed by atoms with Gasteiger partial charge >= 0.3 is 29.6 Å². The number of aliphatic hydroxyl groups is 3. The van der Waals surface area contributed by atoms with E-state index in [1.165, 1.54) is 0 Å². The van der Waals surface area contributed by atoms with Crippen molar-refractivity contribution in [3.8, 4) is 0 Å². The summed E-state index contributed by atoms with van der Waals surface area (Å²) in [5, 5.41) is 43.9. The van der Waals surface area contributed by atoms with Gasteiger partial charge in [-0.3, -0.25) is 0 Å². The van der Waals surface area contributed by atoms with Crippen LogP contribution < -0.4 is 34.7 Å². The fourth-order valence-electron chi connectivity index (χ4n) is 8.68. The largest absolute Gasteiger partial charge is 1.00 e.